The van der Waals surface area contributed by atoms with Gasteiger partial charge < -0.3 is 0 Å². The largest absolute Gasteiger partial charge is 0.0998 e. The molecule has 0 saturated carbocycles. The highest BCUT2D eigenvalue weighted by Gasteiger charge is 2.43. The molecule has 2 atom stereocenters. The molecule has 1 rings (SSSR count). The predicted octanol–water partition coefficient (Wildman–Crippen LogP) is 8.38. The van der Waals surface area contributed by atoms with Crippen molar-refractivity contribution in [2.75, 3.05) is 6.16 Å². The summed E-state index contributed by atoms with van der Waals surface area (Å²) in [6, 6.07) is 0. The van der Waals surface area contributed by atoms with E-state index in [0.29, 0.717) is 7.92 Å². The van der Waals surface area contributed by atoms with Gasteiger partial charge in [-0.05, 0) is 42.7 Å². The summed E-state index contributed by atoms with van der Waals surface area (Å²) < 4.78 is 0. The van der Waals surface area contributed by atoms with Crippen LogP contribution in [0.15, 0.2) is 0 Å². The first-order chi connectivity index (χ1) is 11.3. The van der Waals surface area contributed by atoms with Gasteiger partial charge in [-0.2, -0.15) is 0 Å². The van der Waals surface area contributed by atoms with Crippen molar-refractivity contribution in [1.82, 2.24) is 0 Å². The lowest BCUT2D eigenvalue weighted by Crippen LogP contribution is -2.40. The van der Waals surface area contributed by atoms with Crippen molar-refractivity contribution in [2.45, 2.75) is 129 Å². The topological polar surface area (TPSA) is 0 Å². The molecule has 0 bridgehead atoms. The Balaban J connectivity index is 1.88. The highest BCUT2D eigenvalue weighted by atomic mass is 31.1. The molecule has 1 heterocycles. The van der Waals surface area contributed by atoms with Gasteiger partial charge in [-0.25, -0.2) is 0 Å². The summed E-state index contributed by atoms with van der Waals surface area (Å²) in [6.07, 6.45) is 22.3. The van der Waals surface area contributed by atoms with E-state index in [9.17, 15) is 0 Å². The lowest BCUT2D eigenvalue weighted by molar-refractivity contribution is 0.437. The van der Waals surface area contributed by atoms with Crippen LogP contribution < -0.4 is 0 Å². The summed E-state index contributed by atoms with van der Waals surface area (Å²) in [7, 11) is 0.398. The molecule has 23 heavy (non-hydrogen) atoms. The van der Waals surface area contributed by atoms with Crippen LogP contribution in [0.5, 0.6) is 0 Å². The van der Waals surface area contributed by atoms with E-state index in [2.05, 4.69) is 27.7 Å². The van der Waals surface area contributed by atoms with Gasteiger partial charge in [0.25, 0.3) is 0 Å². The molecule has 0 amide bonds. The van der Waals surface area contributed by atoms with Crippen molar-refractivity contribution in [3.8, 4) is 0 Å². The van der Waals surface area contributed by atoms with E-state index >= 15 is 0 Å². The van der Waals surface area contributed by atoms with Crippen LogP contribution in [0.4, 0.5) is 0 Å². The fourth-order valence-electron chi connectivity index (χ4n) is 4.68. The number of hydrogen-bond acceptors (Lipinski definition) is 0. The monoisotopic (exact) mass is 340 g/mol. The van der Waals surface area contributed by atoms with Crippen molar-refractivity contribution < 1.29 is 0 Å². The van der Waals surface area contributed by atoms with Crippen LogP contribution in [0.3, 0.4) is 0 Å². The van der Waals surface area contributed by atoms with E-state index in [1.165, 1.54) is 89.9 Å². The molecule has 1 saturated heterocycles. The van der Waals surface area contributed by atoms with Gasteiger partial charge in [0.15, 0.2) is 0 Å². The minimum absolute atomic E-state index is 0.398. The molecule has 0 spiro atoms. The summed E-state index contributed by atoms with van der Waals surface area (Å²) in [6.45, 7) is 9.66. The lowest BCUT2D eigenvalue weighted by atomic mass is 9.97. The van der Waals surface area contributed by atoms with Gasteiger partial charge in [0.2, 0.25) is 0 Å². The fourth-order valence-corrected chi connectivity index (χ4v) is 8.69. The molecule has 0 N–H and O–H groups in total. The fraction of sp³-hybridized carbons (Fsp3) is 1.00. The Morgan fingerprint density at radius 3 is 1.35 bits per heavy atom. The van der Waals surface area contributed by atoms with E-state index in [4.69, 9.17) is 0 Å². The Kier molecular flexibility index (Phi) is 12.8. The molecule has 0 aliphatic carbocycles. The molecule has 0 nitrogen and oxygen atoms in total. The summed E-state index contributed by atoms with van der Waals surface area (Å²) in [5.74, 6) is 1.04. The maximum atomic E-state index is 2.52. The van der Waals surface area contributed by atoms with E-state index in [1.54, 1.807) is 6.16 Å². The van der Waals surface area contributed by atoms with E-state index in [-0.39, 0.29) is 0 Å². The van der Waals surface area contributed by atoms with Crippen molar-refractivity contribution in [1.29, 1.82) is 0 Å². The van der Waals surface area contributed by atoms with E-state index < -0.39 is 0 Å². The quantitative estimate of drug-likeness (QED) is 0.207. The van der Waals surface area contributed by atoms with E-state index in [0.717, 1.165) is 17.2 Å². The molecule has 1 fully saturated rings. The third-order valence-electron chi connectivity index (χ3n) is 6.17. The maximum Gasteiger partial charge on any atom is -0.0177 e. The van der Waals surface area contributed by atoms with Gasteiger partial charge in [0.1, 0.15) is 0 Å². The highest BCUT2D eigenvalue weighted by Crippen LogP contribution is 2.65. The van der Waals surface area contributed by atoms with Crippen LogP contribution in [0.25, 0.3) is 0 Å². The van der Waals surface area contributed by atoms with Crippen molar-refractivity contribution in [3.05, 3.63) is 0 Å². The second kappa shape index (κ2) is 13.7. The Bertz CT molecular complexity index is 251. The number of rotatable bonds is 15. The average molecular weight is 341 g/mol. The zero-order chi connectivity index (χ0) is 16.9. The predicted molar refractivity (Wildman–Crippen MR) is 110 cm³/mol. The number of unbranched alkanes of at least 4 members (excludes halogenated alkanes) is 11. The second-order valence-electron chi connectivity index (χ2n) is 7.94. The Hall–Kier alpha value is 0.430. The first-order valence-corrected chi connectivity index (χ1v) is 12.7. The molecule has 0 radical (unpaired) electrons. The van der Waals surface area contributed by atoms with Gasteiger partial charge in [-0.1, -0.05) is 106 Å². The van der Waals surface area contributed by atoms with Crippen molar-refractivity contribution in [2.24, 2.45) is 5.92 Å². The van der Waals surface area contributed by atoms with Crippen LogP contribution in [0.1, 0.15) is 118 Å². The standard InChI is InChI=1S/C22H45P/c1-5-8-9-10-11-12-13-14-15-16-17-18-19-23-21(6-2)20(4)22(23)7-3/h20-22H,5-19H2,1-4H3. The normalized spacial score (nSPS) is 27.1. The first-order valence-electron chi connectivity index (χ1n) is 11.0. The maximum absolute atomic E-state index is 2.52. The molecule has 0 aromatic rings. The molecule has 1 aliphatic rings. The third kappa shape index (κ3) is 7.90. The second-order valence-corrected chi connectivity index (χ2v) is 10.7. The van der Waals surface area contributed by atoms with Crippen molar-refractivity contribution in [3.63, 3.8) is 0 Å². The van der Waals surface area contributed by atoms with Crippen LogP contribution >= 0.6 is 7.92 Å². The molecule has 1 heteroatoms. The summed E-state index contributed by atoms with van der Waals surface area (Å²) in [5, 5.41) is 0. The summed E-state index contributed by atoms with van der Waals surface area (Å²) in [4.78, 5) is 0. The highest BCUT2D eigenvalue weighted by molar-refractivity contribution is 7.60. The molecule has 138 valence electrons. The summed E-state index contributed by atoms with van der Waals surface area (Å²) in [5.41, 5.74) is 2.23. The molecular weight excluding hydrogens is 295 g/mol. The van der Waals surface area contributed by atoms with Crippen LogP contribution in [0.2, 0.25) is 0 Å². The third-order valence-corrected chi connectivity index (χ3v) is 10.4. The summed E-state index contributed by atoms with van der Waals surface area (Å²) >= 11 is 0. The van der Waals surface area contributed by atoms with Gasteiger partial charge in [0, 0.05) is 0 Å². The molecular formula is C22H45P. The Labute approximate surface area is 149 Å². The minimum Gasteiger partial charge on any atom is -0.0998 e. The van der Waals surface area contributed by atoms with Gasteiger partial charge in [0.05, 0.1) is 0 Å². The van der Waals surface area contributed by atoms with Crippen LogP contribution in [-0.4, -0.2) is 17.5 Å². The molecule has 0 aromatic carbocycles. The molecule has 0 aromatic heterocycles. The van der Waals surface area contributed by atoms with E-state index in [1.807, 2.05) is 0 Å². The van der Waals surface area contributed by atoms with Crippen LogP contribution in [0, 0.1) is 5.92 Å². The van der Waals surface area contributed by atoms with Gasteiger partial charge >= 0.3 is 0 Å². The molecule has 1 aliphatic heterocycles. The van der Waals surface area contributed by atoms with Crippen molar-refractivity contribution >= 4 is 7.92 Å². The van der Waals surface area contributed by atoms with Gasteiger partial charge in [-0.15, -0.1) is 0 Å². The Morgan fingerprint density at radius 1 is 0.565 bits per heavy atom. The molecule has 2 unspecified atom stereocenters. The first kappa shape index (κ1) is 21.5. The zero-order valence-electron chi connectivity index (χ0n) is 16.8. The Morgan fingerprint density at radius 2 is 0.957 bits per heavy atom. The SMILES string of the molecule is CCCCCCCCCCCCCCP1C(CC)C(C)C1CC. The zero-order valence-corrected chi connectivity index (χ0v) is 17.7. The average Bonchev–Trinajstić information content (AvgIpc) is 2.55. The lowest BCUT2D eigenvalue weighted by Gasteiger charge is -2.51. The smallest absolute Gasteiger partial charge is 0.0177 e. The van der Waals surface area contributed by atoms with Crippen LogP contribution in [-0.2, 0) is 0 Å². The number of hydrogen-bond donors (Lipinski definition) is 0. The van der Waals surface area contributed by atoms with Gasteiger partial charge in [-0.3, -0.25) is 0 Å². The minimum atomic E-state index is 0.398.